The summed E-state index contributed by atoms with van der Waals surface area (Å²) in [6, 6.07) is 10.9. The first-order chi connectivity index (χ1) is 15.0. The normalized spacial score (nSPS) is 17.4. The summed E-state index contributed by atoms with van der Waals surface area (Å²) in [5.41, 5.74) is 1.51. The molecule has 1 fully saturated rings. The Bertz CT molecular complexity index is 986. The number of morpholine rings is 1. The van der Waals surface area contributed by atoms with Crippen LogP contribution in [0.25, 0.3) is 0 Å². The van der Waals surface area contributed by atoms with E-state index in [1.165, 1.54) is 6.92 Å². The van der Waals surface area contributed by atoms with Gasteiger partial charge in [-0.1, -0.05) is 17.7 Å². The summed E-state index contributed by atoms with van der Waals surface area (Å²) in [4.78, 5) is 13.9. The van der Waals surface area contributed by atoms with Gasteiger partial charge in [-0.25, -0.2) is 0 Å². The number of carbonyl (C=O) groups excluding carboxylic acids is 1. The van der Waals surface area contributed by atoms with Crippen LogP contribution in [0.5, 0.6) is 17.2 Å². The average Bonchev–Trinajstić information content (AvgIpc) is 3.24. The lowest BCUT2D eigenvalue weighted by Gasteiger charge is -2.34. The molecule has 4 rings (SSSR count). The van der Waals surface area contributed by atoms with Crippen molar-refractivity contribution in [3.63, 3.8) is 0 Å². The van der Waals surface area contributed by atoms with Crippen LogP contribution in [-0.4, -0.2) is 55.0 Å². The highest BCUT2D eigenvalue weighted by molar-refractivity contribution is 7.80. The molecule has 2 aliphatic heterocycles. The molecular weight excluding hydrogens is 440 g/mol. The van der Waals surface area contributed by atoms with Gasteiger partial charge in [0.05, 0.1) is 12.2 Å². The molecule has 2 aromatic carbocycles. The predicted octanol–water partition coefficient (Wildman–Crippen LogP) is 3.43. The molecule has 2 aromatic rings. The van der Waals surface area contributed by atoms with E-state index in [0.29, 0.717) is 54.3 Å². The van der Waals surface area contributed by atoms with Crippen LogP contribution in [-0.2, 0) is 11.3 Å². The zero-order chi connectivity index (χ0) is 21.8. The third-order valence-electron chi connectivity index (χ3n) is 5.05. The Kier molecular flexibility index (Phi) is 6.80. The van der Waals surface area contributed by atoms with Crippen LogP contribution in [0.2, 0.25) is 5.02 Å². The number of thiocarbonyl (C=S) groups is 1. The standard InChI is InChI=1S/C22H23ClN2O5S/c1-14(26)18-9-16(23)3-5-19(18)28-12-17-11-25(6-7-27-17)22(31)24-10-15-2-4-20-21(8-15)30-13-29-20/h2-5,8-9,17H,6-7,10-13H2,1H3,(H,24,31). The van der Waals surface area contributed by atoms with Gasteiger partial charge in [-0.05, 0) is 55.0 Å². The van der Waals surface area contributed by atoms with Crippen LogP contribution in [0.4, 0.5) is 0 Å². The molecule has 2 heterocycles. The number of benzene rings is 2. The van der Waals surface area contributed by atoms with E-state index in [1.807, 2.05) is 18.2 Å². The lowest BCUT2D eigenvalue weighted by Crippen LogP contribution is -2.50. The fraction of sp³-hybridized carbons (Fsp3) is 0.364. The number of rotatable bonds is 6. The van der Waals surface area contributed by atoms with E-state index >= 15 is 0 Å². The van der Waals surface area contributed by atoms with Crippen LogP contribution >= 0.6 is 23.8 Å². The quantitative estimate of drug-likeness (QED) is 0.517. The number of ether oxygens (including phenoxy) is 4. The van der Waals surface area contributed by atoms with Crippen molar-refractivity contribution in [1.29, 1.82) is 0 Å². The lowest BCUT2D eigenvalue weighted by atomic mass is 10.1. The summed E-state index contributed by atoms with van der Waals surface area (Å²) in [7, 11) is 0. The molecule has 0 amide bonds. The molecule has 0 spiro atoms. The maximum absolute atomic E-state index is 11.8. The Morgan fingerprint density at radius 2 is 2.10 bits per heavy atom. The minimum Gasteiger partial charge on any atom is -0.490 e. The number of hydrogen-bond donors (Lipinski definition) is 1. The second-order valence-corrected chi connectivity index (χ2v) is 8.12. The highest BCUT2D eigenvalue weighted by Gasteiger charge is 2.24. The molecule has 0 aromatic heterocycles. The van der Waals surface area contributed by atoms with Gasteiger partial charge in [0.25, 0.3) is 0 Å². The van der Waals surface area contributed by atoms with Crippen LogP contribution < -0.4 is 19.5 Å². The van der Waals surface area contributed by atoms with Gasteiger partial charge in [-0.3, -0.25) is 4.79 Å². The molecule has 2 aliphatic rings. The minimum atomic E-state index is -0.172. The number of hydrogen-bond acceptors (Lipinski definition) is 6. The third kappa shape index (κ3) is 5.39. The number of ketones is 1. The average molecular weight is 463 g/mol. The molecule has 9 heteroatoms. The van der Waals surface area contributed by atoms with E-state index < -0.39 is 0 Å². The number of fused-ring (bicyclic) bond motifs is 1. The molecule has 1 saturated heterocycles. The van der Waals surface area contributed by atoms with Gasteiger partial charge in [-0.2, -0.15) is 0 Å². The molecule has 0 saturated carbocycles. The van der Waals surface area contributed by atoms with Crippen molar-refractivity contribution in [2.24, 2.45) is 0 Å². The largest absolute Gasteiger partial charge is 0.490 e. The molecule has 1 N–H and O–H groups in total. The maximum Gasteiger partial charge on any atom is 0.231 e. The van der Waals surface area contributed by atoms with Crippen molar-refractivity contribution < 1.29 is 23.7 Å². The summed E-state index contributed by atoms with van der Waals surface area (Å²) < 4.78 is 22.5. The Morgan fingerprint density at radius 3 is 2.94 bits per heavy atom. The zero-order valence-corrected chi connectivity index (χ0v) is 18.6. The zero-order valence-electron chi connectivity index (χ0n) is 17.1. The Hall–Kier alpha value is -2.55. The summed E-state index contributed by atoms with van der Waals surface area (Å²) in [6.07, 6.45) is -0.172. The number of halogens is 1. The van der Waals surface area contributed by atoms with Gasteiger partial charge in [-0.15, -0.1) is 0 Å². The van der Waals surface area contributed by atoms with Crippen LogP contribution in [0.1, 0.15) is 22.8 Å². The number of nitrogens with zero attached hydrogens (tertiary/aromatic N) is 1. The van der Waals surface area contributed by atoms with Crippen molar-refractivity contribution >= 4 is 34.7 Å². The van der Waals surface area contributed by atoms with Crippen molar-refractivity contribution in [2.75, 3.05) is 33.1 Å². The highest BCUT2D eigenvalue weighted by Crippen LogP contribution is 2.32. The second-order valence-electron chi connectivity index (χ2n) is 7.29. The Labute approximate surface area is 191 Å². The van der Waals surface area contributed by atoms with Crippen molar-refractivity contribution in [2.45, 2.75) is 19.6 Å². The van der Waals surface area contributed by atoms with Gasteiger partial charge in [0.2, 0.25) is 6.79 Å². The summed E-state index contributed by atoms with van der Waals surface area (Å²) in [5.74, 6) is 1.91. The van der Waals surface area contributed by atoms with Gasteiger partial charge in [0.15, 0.2) is 22.4 Å². The molecule has 31 heavy (non-hydrogen) atoms. The van der Waals surface area contributed by atoms with E-state index in [0.717, 1.165) is 17.1 Å². The first kappa shape index (κ1) is 21.7. The molecule has 164 valence electrons. The van der Waals surface area contributed by atoms with Gasteiger partial charge >= 0.3 is 0 Å². The van der Waals surface area contributed by atoms with Crippen LogP contribution in [0.3, 0.4) is 0 Å². The fourth-order valence-electron chi connectivity index (χ4n) is 3.43. The smallest absolute Gasteiger partial charge is 0.231 e. The maximum atomic E-state index is 11.8. The molecule has 1 unspecified atom stereocenters. The molecular formula is C22H23ClN2O5S. The molecule has 0 aliphatic carbocycles. The highest BCUT2D eigenvalue weighted by atomic mass is 35.5. The van der Waals surface area contributed by atoms with Gasteiger partial charge in [0.1, 0.15) is 18.5 Å². The first-order valence-electron chi connectivity index (χ1n) is 9.96. The van der Waals surface area contributed by atoms with Crippen LogP contribution in [0, 0.1) is 0 Å². The van der Waals surface area contributed by atoms with Crippen LogP contribution in [0.15, 0.2) is 36.4 Å². The van der Waals surface area contributed by atoms with Crippen molar-refractivity contribution in [3.05, 3.63) is 52.5 Å². The SMILES string of the molecule is CC(=O)c1cc(Cl)ccc1OCC1CN(C(=S)NCc2ccc3c(c2)OCO3)CCO1. The van der Waals surface area contributed by atoms with E-state index in [-0.39, 0.29) is 18.7 Å². The fourth-order valence-corrected chi connectivity index (χ4v) is 3.84. The number of carbonyl (C=O) groups is 1. The lowest BCUT2D eigenvalue weighted by molar-refractivity contribution is -0.0289. The number of Topliss-reactive ketones (excluding diaryl/α,β-unsaturated/α-hetero) is 1. The molecule has 0 bridgehead atoms. The minimum absolute atomic E-state index is 0.0995. The molecule has 0 radical (unpaired) electrons. The van der Waals surface area contributed by atoms with E-state index in [4.69, 9.17) is 42.8 Å². The van der Waals surface area contributed by atoms with Gasteiger partial charge < -0.3 is 29.2 Å². The van der Waals surface area contributed by atoms with E-state index in [9.17, 15) is 4.79 Å². The topological polar surface area (TPSA) is 69.3 Å². The number of nitrogens with one attached hydrogen (secondary N) is 1. The summed E-state index contributed by atoms with van der Waals surface area (Å²) >= 11 is 11.6. The monoisotopic (exact) mass is 462 g/mol. The Morgan fingerprint density at radius 1 is 1.26 bits per heavy atom. The molecule has 1 atom stereocenters. The Balaban J connectivity index is 1.29. The third-order valence-corrected chi connectivity index (χ3v) is 5.69. The predicted molar refractivity (Wildman–Crippen MR) is 120 cm³/mol. The summed E-state index contributed by atoms with van der Waals surface area (Å²) in [5, 5.41) is 4.44. The van der Waals surface area contributed by atoms with Gasteiger partial charge in [0, 0.05) is 24.7 Å². The van der Waals surface area contributed by atoms with Crippen molar-refractivity contribution in [3.8, 4) is 17.2 Å². The summed E-state index contributed by atoms with van der Waals surface area (Å²) in [6.45, 7) is 4.47. The molecule has 7 nitrogen and oxygen atoms in total. The van der Waals surface area contributed by atoms with E-state index in [2.05, 4.69) is 10.2 Å². The van der Waals surface area contributed by atoms with E-state index in [1.54, 1.807) is 18.2 Å². The van der Waals surface area contributed by atoms with Crippen molar-refractivity contribution in [1.82, 2.24) is 10.2 Å². The first-order valence-corrected chi connectivity index (χ1v) is 10.7. The second kappa shape index (κ2) is 9.72.